The maximum Gasteiger partial charge on any atom is 0.310 e. The van der Waals surface area contributed by atoms with Crippen LogP contribution in [0.5, 0.6) is 0 Å². The van der Waals surface area contributed by atoms with Crippen LogP contribution in [0.1, 0.15) is 12.5 Å². The highest BCUT2D eigenvalue weighted by Gasteiger charge is 2.10. The van der Waals surface area contributed by atoms with Crippen molar-refractivity contribution >= 4 is 27.5 Å². The Balaban J connectivity index is 2.21. The van der Waals surface area contributed by atoms with Crippen LogP contribution in [0.25, 0.3) is 21.5 Å². The zero-order chi connectivity index (χ0) is 13.9. The Labute approximate surface area is 118 Å². The number of hydrogen-bond donors (Lipinski definition) is 0. The summed E-state index contributed by atoms with van der Waals surface area (Å²) in [7, 11) is 0. The van der Waals surface area contributed by atoms with Crippen molar-refractivity contribution in [3.63, 3.8) is 0 Å². The first-order valence-electron chi connectivity index (χ1n) is 6.84. The van der Waals surface area contributed by atoms with E-state index in [0.717, 1.165) is 16.3 Å². The van der Waals surface area contributed by atoms with Crippen molar-refractivity contribution in [3.05, 3.63) is 60.2 Å². The summed E-state index contributed by atoms with van der Waals surface area (Å²) in [5.41, 5.74) is 1.03. The van der Waals surface area contributed by atoms with Crippen LogP contribution < -0.4 is 0 Å². The number of benzene rings is 3. The van der Waals surface area contributed by atoms with Gasteiger partial charge in [-0.3, -0.25) is 4.79 Å². The first-order chi connectivity index (χ1) is 9.79. The van der Waals surface area contributed by atoms with Gasteiger partial charge in [-0.2, -0.15) is 0 Å². The molecule has 0 unspecified atom stereocenters. The Morgan fingerprint density at radius 3 is 2.35 bits per heavy atom. The van der Waals surface area contributed by atoms with Crippen LogP contribution in [0, 0.1) is 0 Å². The summed E-state index contributed by atoms with van der Waals surface area (Å²) in [6.45, 7) is 2.25. The van der Waals surface area contributed by atoms with Gasteiger partial charge in [0, 0.05) is 0 Å². The SMILES string of the molecule is CCOC(=O)Cc1cc2ccccc2c2ccccc12. The molecule has 0 saturated heterocycles. The van der Waals surface area contributed by atoms with E-state index >= 15 is 0 Å². The zero-order valence-corrected chi connectivity index (χ0v) is 11.4. The number of fused-ring (bicyclic) bond motifs is 3. The van der Waals surface area contributed by atoms with Crippen LogP contribution in [-0.4, -0.2) is 12.6 Å². The lowest BCUT2D eigenvalue weighted by Gasteiger charge is -2.10. The van der Waals surface area contributed by atoms with Gasteiger partial charge in [0.05, 0.1) is 13.0 Å². The van der Waals surface area contributed by atoms with Gasteiger partial charge in [-0.25, -0.2) is 0 Å². The third-order valence-electron chi connectivity index (χ3n) is 3.49. The molecule has 0 atom stereocenters. The smallest absolute Gasteiger partial charge is 0.310 e. The van der Waals surface area contributed by atoms with E-state index in [2.05, 4.69) is 30.3 Å². The second-order valence-corrected chi connectivity index (χ2v) is 4.78. The minimum Gasteiger partial charge on any atom is -0.466 e. The van der Waals surface area contributed by atoms with Crippen LogP contribution in [0.3, 0.4) is 0 Å². The van der Waals surface area contributed by atoms with Gasteiger partial charge in [0.15, 0.2) is 0 Å². The summed E-state index contributed by atoms with van der Waals surface area (Å²) in [6.07, 6.45) is 0.319. The predicted octanol–water partition coefficient (Wildman–Crippen LogP) is 4.10. The number of esters is 1. The molecular formula is C18H16O2. The molecule has 3 rings (SSSR count). The molecule has 0 spiro atoms. The van der Waals surface area contributed by atoms with Crippen molar-refractivity contribution in [3.8, 4) is 0 Å². The molecule has 20 heavy (non-hydrogen) atoms. The van der Waals surface area contributed by atoms with Crippen molar-refractivity contribution < 1.29 is 9.53 Å². The number of carbonyl (C=O) groups excluding carboxylic acids is 1. The maximum atomic E-state index is 11.8. The standard InChI is InChI=1S/C18H16O2/c1-2-20-18(19)12-14-11-13-7-3-4-8-15(13)17-10-6-5-9-16(14)17/h3-11H,2,12H2,1H3. The van der Waals surface area contributed by atoms with Gasteiger partial charge in [-0.1, -0.05) is 48.5 Å². The van der Waals surface area contributed by atoms with E-state index in [9.17, 15) is 4.79 Å². The highest BCUT2D eigenvalue weighted by molar-refractivity contribution is 6.09. The zero-order valence-electron chi connectivity index (χ0n) is 11.4. The summed E-state index contributed by atoms with van der Waals surface area (Å²) < 4.78 is 5.07. The van der Waals surface area contributed by atoms with Gasteiger partial charge in [0.1, 0.15) is 0 Å². The minimum atomic E-state index is -0.173. The van der Waals surface area contributed by atoms with E-state index in [1.807, 2.05) is 31.2 Å². The average molecular weight is 264 g/mol. The molecule has 0 aliphatic heterocycles. The molecule has 3 aromatic carbocycles. The fourth-order valence-corrected chi connectivity index (χ4v) is 2.65. The summed E-state index contributed by atoms with van der Waals surface area (Å²) in [5, 5.41) is 4.69. The van der Waals surface area contributed by atoms with E-state index in [-0.39, 0.29) is 5.97 Å². The Kier molecular flexibility index (Phi) is 3.38. The normalized spacial score (nSPS) is 10.8. The van der Waals surface area contributed by atoms with Gasteiger partial charge >= 0.3 is 5.97 Å². The van der Waals surface area contributed by atoms with Crippen LogP contribution >= 0.6 is 0 Å². The molecule has 0 aliphatic carbocycles. The Bertz CT molecular complexity index is 775. The van der Waals surface area contributed by atoms with Crippen LogP contribution in [-0.2, 0) is 16.0 Å². The molecular weight excluding hydrogens is 248 g/mol. The molecule has 0 bridgehead atoms. The van der Waals surface area contributed by atoms with Crippen LogP contribution in [0.2, 0.25) is 0 Å². The second-order valence-electron chi connectivity index (χ2n) is 4.78. The molecule has 0 aromatic heterocycles. The van der Waals surface area contributed by atoms with Gasteiger partial charge in [0.2, 0.25) is 0 Å². The minimum absolute atomic E-state index is 0.173. The molecule has 0 heterocycles. The highest BCUT2D eigenvalue weighted by atomic mass is 16.5. The molecule has 0 saturated carbocycles. The van der Waals surface area contributed by atoms with Gasteiger partial charge < -0.3 is 4.74 Å². The third kappa shape index (κ3) is 2.25. The van der Waals surface area contributed by atoms with Crippen molar-refractivity contribution in [1.29, 1.82) is 0 Å². The molecule has 0 fully saturated rings. The first kappa shape index (κ1) is 12.7. The molecule has 0 N–H and O–H groups in total. The summed E-state index contributed by atoms with van der Waals surface area (Å²) in [6, 6.07) is 18.6. The summed E-state index contributed by atoms with van der Waals surface area (Å²) in [4.78, 5) is 11.8. The molecule has 0 radical (unpaired) electrons. The number of hydrogen-bond acceptors (Lipinski definition) is 2. The molecule has 0 amide bonds. The summed E-state index contributed by atoms with van der Waals surface area (Å²) >= 11 is 0. The Hall–Kier alpha value is -2.35. The van der Waals surface area contributed by atoms with E-state index in [1.165, 1.54) is 10.8 Å². The first-order valence-corrected chi connectivity index (χ1v) is 6.84. The number of ether oxygens (including phenoxy) is 1. The van der Waals surface area contributed by atoms with E-state index in [1.54, 1.807) is 0 Å². The van der Waals surface area contributed by atoms with Gasteiger partial charge in [-0.05, 0) is 40.1 Å². The Morgan fingerprint density at radius 2 is 1.60 bits per heavy atom. The quantitative estimate of drug-likeness (QED) is 0.526. The topological polar surface area (TPSA) is 26.3 Å². The van der Waals surface area contributed by atoms with E-state index < -0.39 is 0 Å². The fraction of sp³-hybridized carbons (Fsp3) is 0.167. The third-order valence-corrected chi connectivity index (χ3v) is 3.49. The second kappa shape index (κ2) is 5.33. The van der Waals surface area contributed by atoms with Crippen LogP contribution in [0.4, 0.5) is 0 Å². The molecule has 0 aliphatic rings. The monoisotopic (exact) mass is 264 g/mol. The lowest BCUT2D eigenvalue weighted by atomic mass is 9.96. The molecule has 3 aromatic rings. The summed E-state index contributed by atoms with van der Waals surface area (Å²) in [5.74, 6) is -0.173. The lowest BCUT2D eigenvalue weighted by molar-refractivity contribution is -0.142. The van der Waals surface area contributed by atoms with Crippen molar-refractivity contribution in [2.24, 2.45) is 0 Å². The van der Waals surface area contributed by atoms with E-state index in [4.69, 9.17) is 4.74 Å². The largest absolute Gasteiger partial charge is 0.466 e. The van der Waals surface area contributed by atoms with Crippen molar-refractivity contribution in [1.82, 2.24) is 0 Å². The van der Waals surface area contributed by atoms with E-state index in [0.29, 0.717) is 13.0 Å². The average Bonchev–Trinajstić information content (AvgIpc) is 2.48. The molecule has 2 nitrogen and oxygen atoms in total. The Morgan fingerprint density at radius 1 is 0.950 bits per heavy atom. The fourth-order valence-electron chi connectivity index (χ4n) is 2.65. The predicted molar refractivity (Wildman–Crippen MR) is 81.8 cm³/mol. The lowest BCUT2D eigenvalue weighted by Crippen LogP contribution is -2.07. The van der Waals surface area contributed by atoms with Crippen LogP contribution in [0.15, 0.2) is 54.6 Å². The molecule has 100 valence electrons. The maximum absolute atomic E-state index is 11.8. The number of rotatable bonds is 3. The molecule has 2 heteroatoms. The highest BCUT2D eigenvalue weighted by Crippen LogP contribution is 2.29. The van der Waals surface area contributed by atoms with Crippen molar-refractivity contribution in [2.45, 2.75) is 13.3 Å². The number of carbonyl (C=O) groups is 1. The van der Waals surface area contributed by atoms with Gasteiger partial charge in [-0.15, -0.1) is 0 Å². The van der Waals surface area contributed by atoms with Crippen molar-refractivity contribution in [2.75, 3.05) is 6.61 Å². The van der Waals surface area contributed by atoms with Gasteiger partial charge in [0.25, 0.3) is 0 Å².